The number of sulfonamides is 1. The van der Waals surface area contributed by atoms with Crippen molar-refractivity contribution < 1.29 is 13.2 Å². The summed E-state index contributed by atoms with van der Waals surface area (Å²) in [7, 11) is -2.31. The lowest BCUT2D eigenvalue weighted by Crippen LogP contribution is -2.27. The summed E-state index contributed by atoms with van der Waals surface area (Å²) in [5.74, 6) is -0.411. The third kappa shape index (κ3) is 4.60. The van der Waals surface area contributed by atoms with Crippen LogP contribution in [0.1, 0.15) is 22.8 Å². The van der Waals surface area contributed by atoms with Gasteiger partial charge in [0, 0.05) is 12.7 Å². The van der Waals surface area contributed by atoms with Crippen LogP contribution < -0.4 is 9.62 Å². The summed E-state index contributed by atoms with van der Waals surface area (Å²) in [6, 6.07) is 20.2. The molecule has 0 aliphatic rings. The van der Waals surface area contributed by atoms with Crippen molar-refractivity contribution in [3.05, 3.63) is 88.9 Å². The molecule has 3 rings (SSSR count). The van der Waals surface area contributed by atoms with Gasteiger partial charge in [-0.1, -0.05) is 48.9 Å². The van der Waals surface area contributed by atoms with Crippen molar-refractivity contribution in [3.8, 4) is 0 Å². The van der Waals surface area contributed by atoms with Gasteiger partial charge in [0.25, 0.3) is 15.9 Å². The molecule has 0 atom stereocenters. The minimum absolute atomic E-state index is 0.166. The molecule has 1 N–H and O–H groups in total. The van der Waals surface area contributed by atoms with Gasteiger partial charge in [-0.2, -0.15) is 0 Å². The van der Waals surface area contributed by atoms with E-state index in [0.29, 0.717) is 11.4 Å². The van der Waals surface area contributed by atoms with Gasteiger partial charge in [0.05, 0.1) is 21.2 Å². The minimum Gasteiger partial charge on any atom is -0.322 e. The van der Waals surface area contributed by atoms with E-state index in [4.69, 9.17) is 11.6 Å². The van der Waals surface area contributed by atoms with Crippen LogP contribution in [-0.2, 0) is 16.4 Å². The van der Waals surface area contributed by atoms with Gasteiger partial charge in [0.2, 0.25) is 0 Å². The van der Waals surface area contributed by atoms with E-state index in [1.54, 1.807) is 24.3 Å². The highest BCUT2D eigenvalue weighted by Gasteiger charge is 2.22. The number of aryl methyl sites for hydroxylation is 1. The molecule has 0 radical (unpaired) electrons. The fraction of sp³-hybridized carbons (Fsp3) is 0.136. The number of benzene rings is 3. The first-order chi connectivity index (χ1) is 13.8. The lowest BCUT2D eigenvalue weighted by molar-refractivity contribution is 0.102. The Balaban J connectivity index is 1.88. The van der Waals surface area contributed by atoms with E-state index >= 15 is 0 Å². The van der Waals surface area contributed by atoms with Crippen LogP contribution in [0.25, 0.3) is 0 Å². The van der Waals surface area contributed by atoms with Crippen molar-refractivity contribution in [3.63, 3.8) is 0 Å². The van der Waals surface area contributed by atoms with Gasteiger partial charge in [-0.05, 0) is 54.4 Å². The van der Waals surface area contributed by atoms with Crippen LogP contribution in [0.4, 0.5) is 11.4 Å². The Morgan fingerprint density at radius 2 is 1.66 bits per heavy atom. The van der Waals surface area contributed by atoms with Crippen molar-refractivity contribution in [1.82, 2.24) is 0 Å². The third-order valence-electron chi connectivity index (χ3n) is 4.58. The van der Waals surface area contributed by atoms with Crippen LogP contribution in [0.15, 0.2) is 77.7 Å². The number of hydrogen-bond donors (Lipinski definition) is 1. The molecule has 0 aliphatic carbocycles. The van der Waals surface area contributed by atoms with E-state index in [1.807, 2.05) is 24.3 Å². The summed E-state index contributed by atoms with van der Waals surface area (Å²) in [5.41, 5.74) is 2.33. The van der Waals surface area contributed by atoms with Gasteiger partial charge >= 0.3 is 0 Å². The number of amides is 1. The maximum atomic E-state index is 12.8. The summed E-state index contributed by atoms with van der Waals surface area (Å²) in [4.78, 5) is 12.9. The number of carbonyl (C=O) groups excluding carboxylic acids is 1. The van der Waals surface area contributed by atoms with Crippen LogP contribution in [0.5, 0.6) is 0 Å². The van der Waals surface area contributed by atoms with Crippen LogP contribution in [0.3, 0.4) is 0 Å². The Bertz CT molecular complexity index is 1110. The average Bonchev–Trinajstić information content (AvgIpc) is 2.74. The summed E-state index contributed by atoms with van der Waals surface area (Å²) in [5, 5.41) is 3.03. The first kappa shape index (κ1) is 20.9. The largest absolute Gasteiger partial charge is 0.322 e. The second-order valence-corrected chi connectivity index (χ2v) is 8.83. The van der Waals surface area contributed by atoms with Crippen molar-refractivity contribution in [2.45, 2.75) is 18.2 Å². The second kappa shape index (κ2) is 8.68. The summed E-state index contributed by atoms with van der Waals surface area (Å²) in [6.45, 7) is 2.05. The fourth-order valence-electron chi connectivity index (χ4n) is 2.79. The standard InChI is InChI=1S/C22H21ClN2O3S/c1-3-16-9-11-17(12-10-16)24-22(26)20-15-18(13-14-21(20)23)25(2)29(27,28)19-7-5-4-6-8-19/h4-15H,3H2,1-2H3,(H,24,26). The molecule has 1 amide bonds. The van der Waals surface area contributed by atoms with Crippen molar-refractivity contribution >= 4 is 38.9 Å². The smallest absolute Gasteiger partial charge is 0.264 e. The van der Waals surface area contributed by atoms with Crippen molar-refractivity contribution in [1.29, 1.82) is 0 Å². The Morgan fingerprint density at radius 3 is 2.28 bits per heavy atom. The molecule has 0 unspecified atom stereocenters. The van der Waals surface area contributed by atoms with E-state index in [0.717, 1.165) is 16.3 Å². The van der Waals surface area contributed by atoms with Gasteiger partial charge < -0.3 is 5.32 Å². The van der Waals surface area contributed by atoms with Crippen LogP contribution in [0.2, 0.25) is 5.02 Å². The number of halogens is 1. The zero-order valence-corrected chi connectivity index (χ0v) is 17.7. The second-order valence-electron chi connectivity index (χ2n) is 6.45. The quantitative estimate of drug-likeness (QED) is 0.602. The van der Waals surface area contributed by atoms with Gasteiger partial charge in [-0.15, -0.1) is 0 Å². The van der Waals surface area contributed by atoms with E-state index < -0.39 is 15.9 Å². The molecule has 0 heterocycles. The summed E-state index contributed by atoms with van der Waals surface area (Å²) < 4.78 is 26.8. The third-order valence-corrected chi connectivity index (χ3v) is 6.71. The van der Waals surface area contributed by atoms with E-state index in [2.05, 4.69) is 12.2 Å². The SMILES string of the molecule is CCc1ccc(NC(=O)c2cc(N(C)S(=O)(=O)c3ccccc3)ccc2Cl)cc1. The van der Waals surface area contributed by atoms with Crippen molar-refractivity contribution in [2.24, 2.45) is 0 Å². The number of rotatable bonds is 6. The molecule has 3 aromatic rings. The highest BCUT2D eigenvalue weighted by Crippen LogP contribution is 2.27. The lowest BCUT2D eigenvalue weighted by Gasteiger charge is -2.20. The molecule has 0 saturated heterocycles. The van der Waals surface area contributed by atoms with Gasteiger partial charge in [-0.25, -0.2) is 8.42 Å². The zero-order chi connectivity index (χ0) is 21.0. The molecular weight excluding hydrogens is 408 g/mol. The zero-order valence-electron chi connectivity index (χ0n) is 16.1. The molecule has 0 bridgehead atoms. The van der Waals surface area contributed by atoms with Gasteiger partial charge in [0.1, 0.15) is 0 Å². The highest BCUT2D eigenvalue weighted by atomic mass is 35.5. The molecule has 5 nitrogen and oxygen atoms in total. The van der Waals surface area contributed by atoms with Crippen molar-refractivity contribution in [2.75, 3.05) is 16.7 Å². The van der Waals surface area contributed by atoms with E-state index in [-0.39, 0.29) is 15.5 Å². The molecule has 0 spiro atoms. The first-order valence-electron chi connectivity index (χ1n) is 9.06. The average molecular weight is 429 g/mol. The van der Waals surface area contributed by atoms with E-state index in [1.165, 1.54) is 31.3 Å². The van der Waals surface area contributed by atoms with Crippen LogP contribution in [-0.4, -0.2) is 21.4 Å². The number of nitrogens with one attached hydrogen (secondary N) is 1. The van der Waals surface area contributed by atoms with Gasteiger partial charge in [-0.3, -0.25) is 9.10 Å². The summed E-state index contributed by atoms with van der Waals surface area (Å²) >= 11 is 6.21. The first-order valence-corrected chi connectivity index (χ1v) is 10.9. The normalized spacial score (nSPS) is 11.1. The molecule has 0 aliphatic heterocycles. The monoisotopic (exact) mass is 428 g/mol. The number of hydrogen-bond acceptors (Lipinski definition) is 3. The van der Waals surface area contributed by atoms with Crippen LogP contribution in [0, 0.1) is 0 Å². The minimum atomic E-state index is -3.76. The number of anilines is 2. The maximum Gasteiger partial charge on any atom is 0.264 e. The fourth-order valence-corrected chi connectivity index (χ4v) is 4.21. The summed E-state index contributed by atoms with van der Waals surface area (Å²) in [6.07, 6.45) is 0.907. The predicted molar refractivity (Wildman–Crippen MR) is 117 cm³/mol. The van der Waals surface area contributed by atoms with Crippen LogP contribution >= 0.6 is 11.6 Å². The lowest BCUT2D eigenvalue weighted by atomic mass is 10.1. The molecule has 0 aromatic heterocycles. The Labute approximate surface area is 176 Å². The molecule has 3 aromatic carbocycles. The molecule has 7 heteroatoms. The number of nitrogens with zero attached hydrogens (tertiary/aromatic N) is 1. The van der Waals surface area contributed by atoms with Gasteiger partial charge in [0.15, 0.2) is 0 Å². The Hall–Kier alpha value is -2.83. The Morgan fingerprint density at radius 1 is 1.00 bits per heavy atom. The Kier molecular flexibility index (Phi) is 6.25. The maximum absolute atomic E-state index is 12.8. The predicted octanol–water partition coefficient (Wildman–Crippen LogP) is 4.98. The highest BCUT2D eigenvalue weighted by molar-refractivity contribution is 7.92. The topological polar surface area (TPSA) is 66.5 Å². The molecule has 150 valence electrons. The molecular formula is C22H21ClN2O3S. The molecule has 0 saturated carbocycles. The van der Waals surface area contributed by atoms with E-state index in [9.17, 15) is 13.2 Å². The molecule has 29 heavy (non-hydrogen) atoms. The molecule has 0 fully saturated rings. The number of carbonyl (C=O) groups is 1.